The van der Waals surface area contributed by atoms with E-state index in [1.54, 1.807) is 0 Å². The van der Waals surface area contributed by atoms with Crippen molar-refractivity contribution in [3.63, 3.8) is 0 Å². The summed E-state index contributed by atoms with van der Waals surface area (Å²) >= 11 is 3.15. The monoisotopic (exact) mass is 295 g/mol. The molecule has 0 aliphatic carbocycles. The molecule has 0 radical (unpaired) electrons. The Morgan fingerprint density at radius 1 is 1.47 bits per heavy atom. The van der Waals surface area contributed by atoms with Gasteiger partial charge >= 0.3 is 0 Å². The lowest BCUT2D eigenvalue weighted by Crippen LogP contribution is -2.28. The number of nitrogens with zero attached hydrogens (tertiary/aromatic N) is 1. The Morgan fingerprint density at radius 3 is 2.67 bits per heavy atom. The van der Waals surface area contributed by atoms with Crippen molar-refractivity contribution in [3.8, 4) is 0 Å². The fraction of sp³-hybridized carbons (Fsp3) is 0.333. The first-order valence-corrected chi connectivity index (χ1v) is 6.82. The van der Waals surface area contributed by atoms with Crippen molar-refractivity contribution in [2.24, 2.45) is 0 Å². The number of sulfonamides is 1. The van der Waals surface area contributed by atoms with E-state index in [0.717, 1.165) is 6.07 Å². The maximum absolute atomic E-state index is 12.9. The van der Waals surface area contributed by atoms with Crippen LogP contribution in [0.25, 0.3) is 0 Å². The van der Waals surface area contributed by atoms with E-state index in [0.29, 0.717) is 11.9 Å². The van der Waals surface area contributed by atoms with Crippen molar-refractivity contribution in [2.45, 2.75) is 4.90 Å². The lowest BCUT2D eigenvalue weighted by molar-refractivity contribution is 0.488. The van der Waals surface area contributed by atoms with Gasteiger partial charge in [0.15, 0.2) is 0 Å². The third-order valence-corrected chi connectivity index (χ3v) is 4.11. The second-order valence-corrected chi connectivity index (χ2v) is 5.81. The topological polar surface area (TPSA) is 37.4 Å². The van der Waals surface area contributed by atoms with Crippen LogP contribution in [-0.4, -0.2) is 31.6 Å². The standard InChI is InChI=1S/C9H11BrFNO2S/c1-12(6-5-10)15(13,14)9-4-2-3-8(11)7-9/h2-4,7H,5-6H2,1H3. The highest BCUT2D eigenvalue weighted by molar-refractivity contribution is 9.09. The molecule has 0 aliphatic rings. The summed E-state index contributed by atoms with van der Waals surface area (Å²) in [4.78, 5) is -0.0223. The second-order valence-electron chi connectivity index (χ2n) is 2.97. The SMILES string of the molecule is CN(CCBr)S(=O)(=O)c1cccc(F)c1. The van der Waals surface area contributed by atoms with Gasteiger partial charge in [-0.15, -0.1) is 0 Å². The molecule has 0 heterocycles. The molecule has 3 nitrogen and oxygen atoms in total. The summed E-state index contributed by atoms with van der Waals surface area (Å²) in [6.07, 6.45) is 0. The zero-order chi connectivity index (χ0) is 11.5. The van der Waals surface area contributed by atoms with Crippen molar-refractivity contribution >= 4 is 26.0 Å². The summed E-state index contributed by atoms with van der Waals surface area (Å²) in [7, 11) is -2.10. The van der Waals surface area contributed by atoms with Gasteiger partial charge in [0.2, 0.25) is 10.0 Å². The van der Waals surface area contributed by atoms with Crippen molar-refractivity contribution in [1.82, 2.24) is 4.31 Å². The van der Waals surface area contributed by atoms with Gasteiger partial charge in [0.25, 0.3) is 0 Å². The van der Waals surface area contributed by atoms with Crippen molar-refractivity contribution < 1.29 is 12.8 Å². The van der Waals surface area contributed by atoms with Crippen molar-refractivity contribution in [1.29, 1.82) is 0 Å². The van der Waals surface area contributed by atoms with Crippen LogP contribution in [0.5, 0.6) is 0 Å². The Morgan fingerprint density at radius 2 is 2.13 bits per heavy atom. The molecule has 6 heteroatoms. The van der Waals surface area contributed by atoms with Gasteiger partial charge in [0.1, 0.15) is 5.82 Å². The Bertz CT molecular complexity index is 435. The molecule has 0 aromatic heterocycles. The molecule has 1 aromatic carbocycles. The van der Waals surface area contributed by atoms with Gasteiger partial charge < -0.3 is 0 Å². The Balaban J connectivity index is 3.06. The number of benzene rings is 1. The van der Waals surface area contributed by atoms with E-state index in [2.05, 4.69) is 15.9 Å². The largest absolute Gasteiger partial charge is 0.242 e. The van der Waals surface area contributed by atoms with Crippen LogP contribution in [0.2, 0.25) is 0 Å². The average molecular weight is 296 g/mol. The highest BCUT2D eigenvalue weighted by atomic mass is 79.9. The van der Waals surface area contributed by atoms with Gasteiger partial charge in [-0.3, -0.25) is 0 Å². The fourth-order valence-electron chi connectivity index (χ4n) is 1.05. The lowest BCUT2D eigenvalue weighted by atomic mass is 10.4. The molecule has 0 aliphatic heterocycles. The van der Waals surface area contributed by atoms with E-state index >= 15 is 0 Å². The molecule has 0 saturated carbocycles. The molecule has 0 amide bonds. The molecule has 0 bridgehead atoms. The maximum Gasteiger partial charge on any atom is 0.242 e. The van der Waals surface area contributed by atoms with Crippen LogP contribution >= 0.6 is 15.9 Å². The maximum atomic E-state index is 12.9. The predicted octanol–water partition coefficient (Wildman–Crippen LogP) is 1.84. The third kappa shape index (κ3) is 2.99. The van der Waals surface area contributed by atoms with Crippen LogP contribution in [-0.2, 0) is 10.0 Å². The normalized spacial score (nSPS) is 12.0. The molecule has 0 N–H and O–H groups in total. The zero-order valence-electron chi connectivity index (χ0n) is 8.15. The van der Waals surface area contributed by atoms with Gasteiger partial charge in [-0.05, 0) is 18.2 Å². The van der Waals surface area contributed by atoms with Crippen LogP contribution in [0.4, 0.5) is 4.39 Å². The molecule has 1 rings (SSSR count). The van der Waals surface area contributed by atoms with Crippen molar-refractivity contribution in [3.05, 3.63) is 30.1 Å². The second kappa shape index (κ2) is 5.05. The predicted molar refractivity (Wildman–Crippen MR) is 60.0 cm³/mol. The summed E-state index contributed by atoms with van der Waals surface area (Å²) in [5, 5.41) is 0.540. The molecule has 0 atom stereocenters. The van der Waals surface area contributed by atoms with E-state index in [1.165, 1.54) is 29.6 Å². The van der Waals surface area contributed by atoms with Crippen LogP contribution in [0, 0.1) is 5.82 Å². The number of rotatable bonds is 4. The van der Waals surface area contributed by atoms with Gasteiger partial charge in [0.05, 0.1) is 4.90 Å². The summed E-state index contributed by atoms with van der Waals surface area (Å²) in [5.74, 6) is -0.552. The molecule has 0 fully saturated rings. The Labute approximate surface area is 97.1 Å². The molecular weight excluding hydrogens is 285 g/mol. The number of hydrogen-bond acceptors (Lipinski definition) is 2. The van der Waals surface area contributed by atoms with E-state index in [9.17, 15) is 12.8 Å². The first-order chi connectivity index (χ1) is 6.98. The van der Waals surface area contributed by atoms with Crippen molar-refractivity contribution in [2.75, 3.05) is 18.9 Å². The van der Waals surface area contributed by atoms with Gasteiger partial charge in [-0.25, -0.2) is 17.1 Å². The quantitative estimate of drug-likeness (QED) is 0.795. The Kier molecular flexibility index (Phi) is 4.24. The Hall–Kier alpha value is -0.460. The number of hydrogen-bond donors (Lipinski definition) is 0. The van der Waals surface area contributed by atoms with Crippen LogP contribution in [0.15, 0.2) is 29.2 Å². The number of halogens is 2. The van der Waals surface area contributed by atoms with E-state index < -0.39 is 15.8 Å². The first kappa shape index (κ1) is 12.6. The summed E-state index contributed by atoms with van der Waals surface area (Å²) in [6.45, 7) is 0.346. The van der Waals surface area contributed by atoms with Crippen LogP contribution < -0.4 is 0 Å². The lowest BCUT2D eigenvalue weighted by Gasteiger charge is -2.15. The minimum atomic E-state index is -3.56. The van der Waals surface area contributed by atoms with Gasteiger partial charge in [0, 0.05) is 18.9 Å². The molecule has 0 spiro atoms. The molecule has 15 heavy (non-hydrogen) atoms. The summed E-state index contributed by atoms with van der Waals surface area (Å²) < 4.78 is 37.7. The van der Waals surface area contributed by atoms with Crippen LogP contribution in [0.1, 0.15) is 0 Å². The fourth-order valence-corrected chi connectivity index (χ4v) is 3.02. The molecule has 0 saturated heterocycles. The van der Waals surface area contributed by atoms with E-state index in [4.69, 9.17) is 0 Å². The molecule has 0 unspecified atom stereocenters. The molecule has 84 valence electrons. The summed E-state index contributed by atoms with van der Waals surface area (Å²) in [6, 6.07) is 4.98. The minimum Gasteiger partial charge on any atom is -0.207 e. The molecule has 1 aromatic rings. The zero-order valence-corrected chi connectivity index (χ0v) is 10.6. The van der Waals surface area contributed by atoms with E-state index in [-0.39, 0.29) is 4.90 Å². The van der Waals surface area contributed by atoms with Crippen LogP contribution in [0.3, 0.4) is 0 Å². The summed E-state index contributed by atoms with van der Waals surface area (Å²) in [5.41, 5.74) is 0. The first-order valence-electron chi connectivity index (χ1n) is 4.26. The molecular formula is C9H11BrFNO2S. The smallest absolute Gasteiger partial charge is 0.207 e. The highest BCUT2D eigenvalue weighted by Crippen LogP contribution is 2.15. The number of alkyl halides is 1. The third-order valence-electron chi connectivity index (χ3n) is 1.90. The van der Waals surface area contributed by atoms with Gasteiger partial charge in [-0.1, -0.05) is 22.0 Å². The highest BCUT2D eigenvalue weighted by Gasteiger charge is 2.20. The minimum absolute atomic E-state index is 0.0223. The van der Waals surface area contributed by atoms with Gasteiger partial charge in [-0.2, -0.15) is 0 Å². The van der Waals surface area contributed by atoms with E-state index in [1.807, 2.05) is 0 Å². The average Bonchev–Trinajstić information content (AvgIpc) is 2.18.